The van der Waals surface area contributed by atoms with Crippen molar-refractivity contribution in [2.75, 3.05) is 6.26 Å². The van der Waals surface area contributed by atoms with E-state index >= 15 is 0 Å². The third-order valence-corrected chi connectivity index (χ3v) is 1.09. The highest BCUT2D eigenvalue weighted by molar-refractivity contribution is 8.02. The van der Waals surface area contributed by atoms with Crippen molar-refractivity contribution in [3.8, 4) is 0 Å². The van der Waals surface area contributed by atoms with Crippen LogP contribution in [0.25, 0.3) is 0 Å². The molecule has 0 fully saturated rings. The largest absolute Gasteiger partial charge is 0.255 e. The first kappa shape index (κ1) is 6.76. The standard InChI is InChI=1S/C5H9NS/c1-4-6-5(2)7-3/h4H,2H2,1,3H3/b6-4-. The van der Waals surface area contributed by atoms with E-state index in [4.69, 9.17) is 0 Å². The third kappa shape index (κ3) is 3.59. The zero-order valence-electron chi connectivity index (χ0n) is 4.64. The zero-order chi connectivity index (χ0) is 5.70. The van der Waals surface area contributed by atoms with Crippen molar-refractivity contribution >= 4 is 18.0 Å². The second-order valence-corrected chi connectivity index (χ2v) is 1.86. The van der Waals surface area contributed by atoms with E-state index in [0.29, 0.717) is 0 Å². The molecule has 0 aromatic rings. The molecule has 0 N–H and O–H groups in total. The molecular weight excluding hydrogens is 106 g/mol. The van der Waals surface area contributed by atoms with Crippen LogP contribution in [0.3, 0.4) is 0 Å². The number of hydrogen-bond donors (Lipinski definition) is 0. The smallest absolute Gasteiger partial charge is 0.0881 e. The molecule has 0 aliphatic rings. The Balaban J connectivity index is 3.37. The van der Waals surface area contributed by atoms with E-state index in [1.54, 1.807) is 18.0 Å². The van der Waals surface area contributed by atoms with Crippen LogP contribution in [0.5, 0.6) is 0 Å². The van der Waals surface area contributed by atoms with Gasteiger partial charge in [0.25, 0.3) is 0 Å². The van der Waals surface area contributed by atoms with Gasteiger partial charge in [0.15, 0.2) is 0 Å². The Bertz CT molecular complexity index is 86.1. The van der Waals surface area contributed by atoms with Crippen LogP contribution < -0.4 is 0 Å². The van der Waals surface area contributed by atoms with Crippen LogP contribution in [0.15, 0.2) is 16.6 Å². The normalized spacial score (nSPS) is 10.0. The lowest BCUT2D eigenvalue weighted by Crippen LogP contribution is -1.62. The van der Waals surface area contributed by atoms with Gasteiger partial charge in [0.05, 0.1) is 5.03 Å². The maximum absolute atomic E-state index is 3.89. The maximum Gasteiger partial charge on any atom is 0.0881 e. The molecular formula is C5H9NS. The minimum absolute atomic E-state index is 0.863. The highest BCUT2D eigenvalue weighted by Gasteiger charge is 1.76. The summed E-state index contributed by atoms with van der Waals surface area (Å²) >= 11 is 1.56. The van der Waals surface area contributed by atoms with Crippen LogP contribution in [0, 0.1) is 0 Å². The molecule has 0 rings (SSSR count). The van der Waals surface area contributed by atoms with Gasteiger partial charge >= 0.3 is 0 Å². The molecule has 7 heavy (non-hydrogen) atoms. The van der Waals surface area contributed by atoms with Crippen molar-refractivity contribution in [2.24, 2.45) is 4.99 Å². The number of hydrogen-bond acceptors (Lipinski definition) is 2. The number of rotatable bonds is 2. The van der Waals surface area contributed by atoms with E-state index < -0.39 is 0 Å². The first-order chi connectivity index (χ1) is 3.31. The second-order valence-electron chi connectivity index (χ2n) is 0.985. The predicted molar refractivity (Wildman–Crippen MR) is 36.8 cm³/mol. The molecule has 40 valence electrons. The SMILES string of the molecule is C=C(/N=C\C)SC. The van der Waals surface area contributed by atoms with E-state index in [2.05, 4.69) is 11.6 Å². The number of thioether (sulfide) groups is 1. The Kier molecular flexibility index (Phi) is 3.80. The van der Waals surface area contributed by atoms with Gasteiger partial charge in [-0.2, -0.15) is 0 Å². The average molecular weight is 115 g/mol. The van der Waals surface area contributed by atoms with Gasteiger partial charge in [0, 0.05) is 6.21 Å². The third-order valence-electron chi connectivity index (χ3n) is 0.509. The molecule has 0 aliphatic carbocycles. The van der Waals surface area contributed by atoms with Crippen LogP contribution in [0.4, 0.5) is 0 Å². The predicted octanol–water partition coefficient (Wildman–Crippen LogP) is 1.91. The quantitative estimate of drug-likeness (QED) is 0.501. The molecule has 0 radical (unpaired) electrons. The van der Waals surface area contributed by atoms with Crippen LogP contribution in [0.2, 0.25) is 0 Å². The van der Waals surface area contributed by atoms with Gasteiger partial charge < -0.3 is 0 Å². The minimum atomic E-state index is 0.863. The van der Waals surface area contributed by atoms with Crippen LogP contribution in [-0.4, -0.2) is 12.5 Å². The van der Waals surface area contributed by atoms with Crippen LogP contribution in [-0.2, 0) is 0 Å². The average Bonchev–Trinajstić information content (AvgIpc) is 1.68. The topological polar surface area (TPSA) is 12.4 Å². The lowest BCUT2D eigenvalue weighted by molar-refractivity contribution is 1.56. The summed E-state index contributed by atoms with van der Waals surface area (Å²) in [5, 5.41) is 0.863. The molecule has 2 heteroatoms. The van der Waals surface area contributed by atoms with Crippen molar-refractivity contribution in [1.29, 1.82) is 0 Å². The molecule has 1 nitrogen and oxygen atoms in total. The van der Waals surface area contributed by atoms with Gasteiger partial charge in [-0.1, -0.05) is 6.58 Å². The fourth-order valence-corrected chi connectivity index (χ4v) is 0.408. The lowest BCUT2D eigenvalue weighted by Gasteiger charge is -1.85. The molecule has 0 saturated heterocycles. The fraction of sp³-hybridized carbons (Fsp3) is 0.400. The van der Waals surface area contributed by atoms with E-state index in [9.17, 15) is 0 Å². The second kappa shape index (κ2) is 3.93. The van der Waals surface area contributed by atoms with E-state index in [1.807, 2.05) is 13.2 Å². The van der Waals surface area contributed by atoms with Crippen molar-refractivity contribution in [3.63, 3.8) is 0 Å². The Morgan fingerprint density at radius 2 is 2.43 bits per heavy atom. The Morgan fingerprint density at radius 1 is 1.86 bits per heavy atom. The van der Waals surface area contributed by atoms with Crippen molar-refractivity contribution < 1.29 is 0 Å². The molecule has 0 aromatic heterocycles. The molecule has 0 spiro atoms. The summed E-state index contributed by atoms with van der Waals surface area (Å²) in [4.78, 5) is 3.89. The van der Waals surface area contributed by atoms with E-state index in [0.717, 1.165) is 5.03 Å². The Hall–Kier alpha value is -0.240. The van der Waals surface area contributed by atoms with Gasteiger partial charge in [-0.05, 0) is 13.2 Å². The van der Waals surface area contributed by atoms with Gasteiger partial charge in [0.1, 0.15) is 0 Å². The molecule has 0 heterocycles. The van der Waals surface area contributed by atoms with Gasteiger partial charge in [-0.15, -0.1) is 11.8 Å². The number of nitrogens with zero attached hydrogens (tertiary/aromatic N) is 1. The summed E-state index contributed by atoms with van der Waals surface area (Å²) in [6, 6.07) is 0. The summed E-state index contributed by atoms with van der Waals surface area (Å²) in [6.07, 6.45) is 3.69. The van der Waals surface area contributed by atoms with Gasteiger partial charge in [-0.25, -0.2) is 0 Å². The highest BCUT2D eigenvalue weighted by Crippen LogP contribution is 2.07. The molecule has 0 bridgehead atoms. The number of aliphatic imine (C=N–C) groups is 1. The van der Waals surface area contributed by atoms with E-state index in [-0.39, 0.29) is 0 Å². The first-order valence-corrected chi connectivity index (χ1v) is 3.25. The summed E-state index contributed by atoms with van der Waals surface area (Å²) in [5.41, 5.74) is 0. The molecule has 0 amide bonds. The van der Waals surface area contributed by atoms with Crippen molar-refractivity contribution in [3.05, 3.63) is 11.6 Å². The Labute approximate surface area is 48.5 Å². The zero-order valence-corrected chi connectivity index (χ0v) is 5.46. The van der Waals surface area contributed by atoms with Crippen LogP contribution in [0.1, 0.15) is 6.92 Å². The molecule has 0 aliphatic heterocycles. The highest BCUT2D eigenvalue weighted by atomic mass is 32.2. The molecule has 0 saturated carbocycles. The molecule has 0 unspecified atom stereocenters. The van der Waals surface area contributed by atoms with Crippen LogP contribution >= 0.6 is 11.8 Å². The maximum atomic E-state index is 3.89. The van der Waals surface area contributed by atoms with E-state index in [1.165, 1.54) is 0 Å². The fourth-order valence-electron chi connectivity index (χ4n) is 0.197. The molecule has 0 aromatic carbocycles. The van der Waals surface area contributed by atoms with Crippen molar-refractivity contribution in [2.45, 2.75) is 6.92 Å². The summed E-state index contributed by atoms with van der Waals surface area (Å²) in [6.45, 7) is 5.50. The summed E-state index contributed by atoms with van der Waals surface area (Å²) in [7, 11) is 0. The van der Waals surface area contributed by atoms with Gasteiger partial charge in [0.2, 0.25) is 0 Å². The summed E-state index contributed by atoms with van der Waals surface area (Å²) < 4.78 is 0. The monoisotopic (exact) mass is 115 g/mol. The van der Waals surface area contributed by atoms with Gasteiger partial charge in [-0.3, -0.25) is 4.99 Å². The molecule has 0 atom stereocenters. The minimum Gasteiger partial charge on any atom is -0.255 e. The lowest BCUT2D eigenvalue weighted by atomic mass is 10.9. The summed E-state index contributed by atoms with van der Waals surface area (Å²) in [5.74, 6) is 0. The Morgan fingerprint density at radius 3 is 2.57 bits per heavy atom. The first-order valence-electron chi connectivity index (χ1n) is 2.03. The van der Waals surface area contributed by atoms with Crippen molar-refractivity contribution in [1.82, 2.24) is 0 Å².